The van der Waals surface area contributed by atoms with E-state index in [1.165, 1.54) is 0 Å². The van der Waals surface area contributed by atoms with Gasteiger partial charge in [-0.2, -0.15) is 0 Å². The topological polar surface area (TPSA) is 72.9 Å². The van der Waals surface area contributed by atoms with Crippen LogP contribution in [0.5, 0.6) is 0 Å². The molecule has 0 radical (unpaired) electrons. The van der Waals surface area contributed by atoms with Gasteiger partial charge in [-0.25, -0.2) is 4.98 Å². The molecule has 0 bridgehead atoms. The van der Waals surface area contributed by atoms with Gasteiger partial charge in [-0.05, 0) is 43.0 Å². The van der Waals surface area contributed by atoms with Crippen LogP contribution in [0.4, 0.5) is 5.69 Å². The summed E-state index contributed by atoms with van der Waals surface area (Å²) in [7, 11) is 2.01. The summed E-state index contributed by atoms with van der Waals surface area (Å²) >= 11 is 0. The number of hydrogen-bond donors (Lipinski definition) is 2. The van der Waals surface area contributed by atoms with E-state index in [2.05, 4.69) is 16.0 Å². The Morgan fingerprint density at radius 2 is 1.96 bits per heavy atom. The number of imidazole rings is 1. The first-order chi connectivity index (χ1) is 12.6. The molecule has 2 aromatic carbocycles. The summed E-state index contributed by atoms with van der Waals surface area (Å²) in [5.41, 5.74) is 9.92. The molecule has 28 heavy (non-hydrogen) atoms. The number of halogens is 2. The monoisotopic (exact) mass is 420 g/mol. The molecule has 2 atom stereocenters. The highest BCUT2D eigenvalue weighted by atomic mass is 35.5. The molecule has 1 aliphatic carbocycles. The van der Waals surface area contributed by atoms with Gasteiger partial charge in [0.1, 0.15) is 5.82 Å². The third-order valence-electron chi connectivity index (χ3n) is 5.36. The van der Waals surface area contributed by atoms with Crippen LogP contribution < -0.4 is 11.1 Å². The zero-order valence-electron chi connectivity index (χ0n) is 15.8. The molecular weight excluding hydrogens is 395 g/mol. The van der Waals surface area contributed by atoms with Crippen LogP contribution in [0.15, 0.2) is 48.5 Å². The van der Waals surface area contributed by atoms with Gasteiger partial charge in [0.05, 0.1) is 11.0 Å². The predicted molar refractivity (Wildman–Crippen MR) is 119 cm³/mol. The Kier molecular flexibility index (Phi) is 7.47. The highest BCUT2D eigenvalue weighted by Gasteiger charge is 2.26. The van der Waals surface area contributed by atoms with Gasteiger partial charge in [0.25, 0.3) is 0 Å². The average molecular weight is 421 g/mol. The minimum absolute atomic E-state index is 0. The van der Waals surface area contributed by atoms with Gasteiger partial charge in [-0.1, -0.05) is 30.7 Å². The summed E-state index contributed by atoms with van der Waals surface area (Å²) in [5.74, 6) is 1.23. The number of anilines is 1. The summed E-state index contributed by atoms with van der Waals surface area (Å²) in [6.45, 7) is 0. The Morgan fingerprint density at radius 3 is 2.68 bits per heavy atom. The highest BCUT2D eigenvalue weighted by molar-refractivity contribution is 5.92. The molecule has 7 heteroatoms. The highest BCUT2D eigenvalue weighted by Crippen LogP contribution is 2.28. The summed E-state index contributed by atoms with van der Waals surface area (Å²) in [6.07, 6.45) is 3.70. The van der Waals surface area contributed by atoms with E-state index in [0.29, 0.717) is 12.3 Å². The van der Waals surface area contributed by atoms with Crippen molar-refractivity contribution in [3.63, 3.8) is 0 Å². The Bertz CT molecular complexity index is 956. The normalized spacial score (nSPS) is 18.4. The zero-order valence-corrected chi connectivity index (χ0v) is 17.4. The molecule has 3 N–H and O–H groups in total. The standard InChI is InChI=1S/C21H24N4O.2ClH/c1-25-19-11-3-2-10-18(19)24-21(25)15-7-4-8-16(12-15)23-20(26)13-14-6-5-9-17(14)22;;/h2-4,7-8,10-12,14,17H,5-6,9,13,22H2,1H3,(H,23,26);2*1H/t14-,17+;;/m0../s1. The first-order valence-corrected chi connectivity index (χ1v) is 9.19. The number of nitrogens with zero attached hydrogens (tertiary/aromatic N) is 2. The number of fused-ring (bicyclic) bond motifs is 1. The van der Waals surface area contributed by atoms with Crippen molar-refractivity contribution in [2.45, 2.75) is 31.7 Å². The number of aryl methyl sites for hydroxylation is 1. The van der Waals surface area contributed by atoms with E-state index in [-0.39, 0.29) is 36.8 Å². The van der Waals surface area contributed by atoms with E-state index >= 15 is 0 Å². The van der Waals surface area contributed by atoms with Crippen LogP contribution in [0.3, 0.4) is 0 Å². The molecule has 4 rings (SSSR count). The van der Waals surface area contributed by atoms with E-state index in [0.717, 1.165) is 47.4 Å². The van der Waals surface area contributed by atoms with Crippen molar-refractivity contribution in [2.24, 2.45) is 18.7 Å². The maximum atomic E-state index is 12.4. The van der Waals surface area contributed by atoms with Crippen molar-refractivity contribution in [3.8, 4) is 11.4 Å². The molecule has 1 saturated carbocycles. The maximum Gasteiger partial charge on any atom is 0.224 e. The first kappa shape index (κ1) is 22.2. The van der Waals surface area contributed by atoms with Gasteiger partial charge >= 0.3 is 0 Å². The summed E-state index contributed by atoms with van der Waals surface area (Å²) in [6, 6.07) is 16.1. The summed E-state index contributed by atoms with van der Waals surface area (Å²) < 4.78 is 2.08. The van der Waals surface area contributed by atoms with Crippen LogP contribution in [-0.2, 0) is 11.8 Å². The molecule has 1 fully saturated rings. The fourth-order valence-corrected chi connectivity index (χ4v) is 3.91. The molecule has 5 nitrogen and oxygen atoms in total. The molecular formula is C21H26Cl2N4O. The van der Waals surface area contributed by atoms with Crippen LogP contribution in [0.2, 0.25) is 0 Å². The molecule has 0 aliphatic heterocycles. The summed E-state index contributed by atoms with van der Waals surface area (Å²) in [4.78, 5) is 17.1. The van der Waals surface area contributed by atoms with Gasteiger partial charge in [0.15, 0.2) is 0 Å². The number of para-hydroxylation sites is 2. The van der Waals surface area contributed by atoms with Crippen LogP contribution in [0, 0.1) is 5.92 Å². The van der Waals surface area contributed by atoms with E-state index in [4.69, 9.17) is 10.7 Å². The molecule has 1 aromatic heterocycles. The molecule has 1 aliphatic rings. The number of aromatic nitrogens is 2. The Hall–Kier alpha value is -2.08. The number of hydrogen-bond acceptors (Lipinski definition) is 3. The van der Waals surface area contributed by atoms with E-state index in [1.807, 2.05) is 49.5 Å². The van der Waals surface area contributed by atoms with Crippen LogP contribution in [0.25, 0.3) is 22.4 Å². The van der Waals surface area contributed by atoms with E-state index in [9.17, 15) is 4.79 Å². The van der Waals surface area contributed by atoms with Gasteiger partial charge in [-0.3, -0.25) is 4.79 Å². The van der Waals surface area contributed by atoms with Gasteiger partial charge in [-0.15, -0.1) is 24.8 Å². The van der Waals surface area contributed by atoms with Crippen molar-refractivity contribution >= 4 is 47.4 Å². The van der Waals surface area contributed by atoms with Crippen molar-refractivity contribution in [1.82, 2.24) is 9.55 Å². The smallest absolute Gasteiger partial charge is 0.224 e. The largest absolute Gasteiger partial charge is 0.327 e. The first-order valence-electron chi connectivity index (χ1n) is 9.19. The number of carbonyl (C=O) groups excluding carboxylic acids is 1. The predicted octanol–water partition coefficient (Wildman–Crippen LogP) is 4.54. The second-order valence-corrected chi connectivity index (χ2v) is 7.17. The van der Waals surface area contributed by atoms with Crippen LogP contribution in [0.1, 0.15) is 25.7 Å². The van der Waals surface area contributed by atoms with Crippen molar-refractivity contribution in [1.29, 1.82) is 0 Å². The fraction of sp³-hybridized carbons (Fsp3) is 0.333. The second kappa shape index (κ2) is 9.41. The number of nitrogens with two attached hydrogens (primary N) is 1. The molecule has 0 saturated heterocycles. The molecule has 1 heterocycles. The number of amides is 1. The number of carbonyl (C=O) groups is 1. The number of rotatable bonds is 4. The number of nitrogens with one attached hydrogen (secondary N) is 1. The molecule has 3 aromatic rings. The molecule has 0 unspecified atom stereocenters. The van der Waals surface area contributed by atoms with E-state index < -0.39 is 0 Å². The lowest BCUT2D eigenvalue weighted by Crippen LogP contribution is -2.28. The van der Waals surface area contributed by atoms with Crippen LogP contribution >= 0.6 is 24.8 Å². The van der Waals surface area contributed by atoms with E-state index in [1.54, 1.807) is 0 Å². The quantitative estimate of drug-likeness (QED) is 0.650. The minimum atomic E-state index is 0. The van der Waals surface area contributed by atoms with Crippen molar-refractivity contribution in [2.75, 3.05) is 5.32 Å². The lowest BCUT2D eigenvalue weighted by molar-refractivity contribution is -0.117. The van der Waals surface area contributed by atoms with Gasteiger partial charge < -0.3 is 15.6 Å². The third-order valence-corrected chi connectivity index (χ3v) is 5.36. The Morgan fingerprint density at radius 1 is 1.18 bits per heavy atom. The lowest BCUT2D eigenvalue weighted by Gasteiger charge is -2.15. The maximum absolute atomic E-state index is 12.4. The average Bonchev–Trinajstić information content (AvgIpc) is 3.19. The summed E-state index contributed by atoms with van der Waals surface area (Å²) in [5, 5.41) is 3.02. The van der Waals surface area contributed by atoms with Gasteiger partial charge in [0, 0.05) is 30.8 Å². The third kappa shape index (κ3) is 4.49. The lowest BCUT2D eigenvalue weighted by atomic mass is 10.00. The Balaban J connectivity index is 0.00000140. The SMILES string of the molecule is Cl.Cl.Cn1c(-c2cccc(NC(=O)C[C@@H]3CCC[C@H]3N)c2)nc2ccccc21. The molecule has 150 valence electrons. The van der Waals surface area contributed by atoms with Crippen molar-refractivity contribution in [3.05, 3.63) is 48.5 Å². The minimum Gasteiger partial charge on any atom is -0.327 e. The Labute approximate surface area is 177 Å². The second-order valence-electron chi connectivity index (χ2n) is 7.17. The molecule has 1 amide bonds. The van der Waals surface area contributed by atoms with Crippen molar-refractivity contribution < 1.29 is 4.79 Å². The fourth-order valence-electron chi connectivity index (χ4n) is 3.91. The zero-order chi connectivity index (χ0) is 18.1. The molecule has 0 spiro atoms. The van der Waals surface area contributed by atoms with Gasteiger partial charge in [0.2, 0.25) is 5.91 Å². The number of benzene rings is 2. The van der Waals surface area contributed by atoms with Crippen LogP contribution in [-0.4, -0.2) is 21.5 Å².